The smallest absolute Gasteiger partial charge is 0.242 e. The summed E-state index contributed by atoms with van der Waals surface area (Å²) in [5, 5.41) is 2.73. The molecule has 3 aliphatic rings. The lowest BCUT2D eigenvalue weighted by Gasteiger charge is -2.41. The molecule has 3 aliphatic heterocycles. The molecule has 0 radical (unpaired) electrons. The Kier molecular flexibility index (Phi) is 7.55. The highest BCUT2D eigenvalue weighted by Gasteiger charge is 2.44. The molecular weight excluding hydrogens is 437 g/mol. The van der Waals surface area contributed by atoms with Crippen LogP contribution in [0.3, 0.4) is 0 Å². The van der Waals surface area contributed by atoms with Crippen molar-refractivity contribution in [1.29, 1.82) is 0 Å². The molecule has 0 spiro atoms. The number of carbonyl (C=O) groups excluding carboxylic acids is 2. The van der Waals surface area contributed by atoms with Crippen LogP contribution < -0.4 is 11.1 Å². The molecule has 0 aromatic heterocycles. The third-order valence-corrected chi connectivity index (χ3v) is 7.12. The van der Waals surface area contributed by atoms with E-state index in [-0.39, 0.29) is 54.9 Å². The summed E-state index contributed by atoms with van der Waals surface area (Å²) in [6.45, 7) is 2.83. The zero-order valence-electron chi connectivity index (χ0n) is 18.6. The molecule has 3 fully saturated rings. The van der Waals surface area contributed by atoms with Gasteiger partial charge in [0.05, 0.1) is 26.3 Å². The molecule has 3 saturated heterocycles. The molecule has 7 nitrogen and oxygen atoms in total. The van der Waals surface area contributed by atoms with Gasteiger partial charge < -0.3 is 20.7 Å². The number of amides is 2. The zero-order chi connectivity index (χ0) is 23.5. The maximum atomic E-state index is 14.0. The minimum atomic E-state index is -1.22. The fourth-order valence-electron chi connectivity index (χ4n) is 5.40. The SMILES string of the molecule is N[C@H](Cc1cc(F)c(F)cc1F)C1CC2CCC(C1)N2C(=O)CNC(=O)CN1CCOCC1. The first kappa shape index (κ1) is 24.0. The number of benzene rings is 1. The van der Waals surface area contributed by atoms with Crippen molar-refractivity contribution in [2.75, 3.05) is 39.4 Å². The topological polar surface area (TPSA) is 87.9 Å². The van der Waals surface area contributed by atoms with Crippen molar-refractivity contribution in [3.8, 4) is 0 Å². The average molecular weight is 469 g/mol. The highest BCUT2D eigenvalue weighted by Crippen LogP contribution is 2.40. The van der Waals surface area contributed by atoms with Crippen molar-refractivity contribution in [3.05, 3.63) is 35.1 Å². The fraction of sp³-hybridized carbons (Fsp3) is 0.652. The van der Waals surface area contributed by atoms with Gasteiger partial charge in [0.1, 0.15) is 5.82 Å². The Balaban J connectivity index is 1.28. The van der Waals surface area contributed by atoms with Crippen LogP contribution in [0.1, 0.15) is 31.2 Å². The van der Waals surface area contributed by atoms with Gasteiger partial charge in [-0.3, -0.25) is 14.5 Å². The van der Waals surface area contributed by atoms with E-state index in [1.807, 2.05) is 9.80 Å². The van der Waals surface area contributed by atoms with E-state index >= 15 is 0 Å². The molecule has 2 bridgehead atoms. The van der Waals surface area contributed by atoms with Crippen molar-refractivity contribution in [1.82, 2.24) is 15.1 Å². The summed E-state index contributed by atoms with van der Waals surface area (Å²) in [4.78, 5) is 28.9. The summed E-state index contributed by atoms with van der Waals surface area (Å²) < 4.78 is 46.0. The minimum absolute atomic E-state index is 0.0262. The van der Waals surface area contributed by atoms with E-state index in [0.29, 0.717) is 45.2 Å². The largest absolute Gasteiger partial charge is 0.379 e. The predicted octanol–water partition coefficient (Wildman–Crippen LogP) is 1.19. The predicted molar refractivity (Wildman–Crippen MR) is 115 cm³/mol. The van der Waals surface area contributed by atoms with Gasteiger partial charge in [0.15, 0.2) is 11.6 Å². The minimum Gasteiger partial charge on any atom is -0.379 e. The normalized spacial score (nSPS) is 26.3. The average Bonchev–Trinajstić information content (AvgIpc) is 3.05. The lowest BCUT2D eigenvalue weighted by atomic mass is 9.82. The first-order chi connectivity index (χ1) is 15.8. The van der Waals surface area contributed by atoms with Crippen LogP contribution in [0.15, 0.2) is 12.1 Å². The van der Waals surface area contributed by atoms with Gasteiger partial charge in [-0.25, -0.2) is 13.2 Å². The van der Waals surface area contributed by atoms with Crippen molar-refractivity contribution in [2.45, 2.75) is 50.2 Å². The van der Waals surface area contributed by atoms with E-state index in [1.54, 1.807) is 0 Å². The number of nitrogens with one attached hydrogen (secondary N) is 1. The van der Waals surface area contributed by atoms with Crippen LogP contribution in [0.2, 0.25) is 0 Å². The first-order valence-corrected chi connectivity index (χ1v) is 11.6. The number of nitrogens with zero attached hydrogens (tertiary/aromatic N) is 2. The van der Waals surface area contributed by atoms with Crippen LogP contribution in [-0.4, -0.2) is 79.1 Å². The number of nitrogens with two attached hydrogens (primary N) is 1. The highest BCUT2D eigenvalue weighted by molar-refractivity contribution is 5.86. The Hall–Kier alpha value is -2.17. The maximum Gasteiger partial charge on any atom is 0.242 e. The molecule has 0 saturated carbocycles. The second-order valence-electron chi connectivity index (χ2n) is 9.31. The highest BCUT2D eigenvalue weighted by atomic mass is 19.2. The number of halogens is 3. The maximum absolute atomic E-state index is 14.0. The Labute approximate surface area is 191 Å². The summed E-state index contributed by atoms with van der Waals surface area (Å²) in [5.74, 6) is -3.33. The van der Waals surface area contributed by atoms with E-state index in [0.717, 1.165) is 18.9 Å². The van der Waals surface area contributed by atoms with E-state index < -0.39 is 23.5 Å². The van der Waals surface area contributed by atoms with Gasteiger partial charge in [-0.2, -0.15) is 0 Å². The molecule has 3 atom stereocenters. The van der Waals surface area contributed by atoms with Gasteiger partial charge in [-0.1, -0.05) is 0 Å². The van der Waals surface area contributed by atoms with Crippen molar-refractivity contribution in [2.24, 2.45) is 11.7 Å². The van der Waals surface area contributed by atoms with Gasteiger partial charge in [0, 0.05) is 37.3 Å². The second-order valence-corrected chi connectivity index (χ2v) is 9.31. The van der Waals surface area contributed by atoms with Gasteiger partial charge in [0.2, 0.25) is 11.8 Å². The molecule has 2 unspecified atom stereocenters. The van der Waals surface area contributed by atoms with Crippen molar-refractivity contribution < 1.29 is 27.5 Å². The molecule has 2 amide bonds. The lowest BCUT2D eigenvalue weighted by molar-refractivity contribution is -0.137. The van der Waals surface area contributed by atoms with Gasteiger partial charge in [-0.15, -0.1) is 0 Å². The number of carbonyl (C=O) groups is 2. The van der Waals surface area contributed by atoms with Crippen molar-refractivity contribution in [3.63, 3.8) is 0 Å². The molecule has 182 valence electrons. The lowest BCUT2D eigenvalue weighted by Crippen LogP contribution is -2.53. The molecule has 1 aromatic carbocycles. The number of piperidine rings is 1. The van der Waals surface area contributed by atoms with Crippen LogP contribution in [0.25, 0.3) is 0 Å². The Bertz CT molecular complexity index is 867. The van der Waals surface area contributed by atoms with E-state index in [9.17, 15) is 22.8 Å². The van der Waals surface area contributed by atoms with Crippen LogP contribution in [0, 0.1) is 23.4 Å². The molecule has 1 aromatic rings. The van der Waals surface area contributed by atoms with Gasteiger partial charge >= 0.3 is 0 Å². The second kappa shape index (κ2) is 10.4. The standard InChI is InChI=1S/C23H31F3N4O3/c24-18-11-20(26)19(25)9-14(18)10-21(27)15-7-16-1-2-17(8-15)30(16)23(32)12-28-22(31)13-29-3-5-33-6-4-29/h9,11,15-17,21H,1-8,10,12-13,27H2,(H,28,31)/t15?,16?,17?,21-/m1/s1. The molecule has 10 heteroatoms. The summed E-state index contributed by atoms with van der Waals surface area (Å²) in [6.07, 6.45) is 3.19. The van der Waals surface area contributed by atoms with Gasteiger partial charge in [0.25, 0.3) is 0 Å². The first-order valence-electron chi connectivity index (χ1n) is 11.6. The molecule has 33 heavy (non-hydrogen) atoms. The quantitative estimate of drug-likeness (QED) is 0.587. The Morgan fingerprint density at radius 3 is 2.36 bits per heavy atom. The number of rotatable bonds is 7. The van der Waals surface area contributed by atoms with Crippen LogP contribution >= 0.6 is 0 Å². The van der Waals surface area contributed by atoms with Crippen molar-refractivity contribution >= 4 is 11.8 Å². The summed E-state index contributed by atoms with van der Waals surface area (Å²) >= 11 is 0. The number of morpholine rings is 1. The molecular formula is C23H31F3N4O3. The molecule has 0 aliphatic carbocycles. The van der Waals surface area contributed by atoms with E-state index in [1.165, 1.54) is 0 Å². The fourth-order valence-corrected chi connectivity index (χ4v) is 5.40. The summed E-state index contributed by atoms with van der Waals surface area (Å²) in [6, 6.07) is 1.06. The van der Waals surface area contributed by atoms with Crippen LogP contribution in [-0.2, 0) is 20.7 Å². The molecule has 3 N–H and O–H groups in total. The zero-order valence-corrected chi connectivity index (χ0v) is 18.6. The Morgan fingerprint density at radius 2 is 1.70 bits per heavy atom. The Morgan fingerprint density at radius 1 is 1.06 bits per heavy atom. The van der Waals surface area contributed by atoms with Crippen LogP contribution in [0.5, 0.6) is 0 Å². The van der Waals surface area contributed by atoms with Crippen LogP contribution in [0.4, 0.5) is 13.2 Å². The monoisotopic (exact) mass is 468 g/mol. The molecule has 3 heterocycles. The summed E-state index contributed by atoms with van der Waals surface area (Å²) in [7, 11) is 0. The van der Waals surface area contributed by atoms with E-state index in [2.05, 4.69) is 5.32 Å². The summed E-state index contributed by atoms with van der Waals surface area (Å²) in [5.41, 5.74) is 6.41. The van der Waals surface area contributed by atoms with E-state index in [4.69, 9.17) is 10.5 Å². The molecule has 4 rings (SSSR count). The third-order valence-electron chi connectivity index (χ3n) is 7.12. The van der Waals surface area contributed by atoms with Gasteiger partial charge in [-0.05, 0) is 49.7 Å². The number of ether oxygens (including phenoxy) is 1. The number of hydrogen-bond acceptors (Lipinski definition) is 5. The third kappa shape index (κ3) is 5.67. The number of hydrogen-bond donors (Lipinski definition) is 2. The number of fused-ring (bicyclic) bond motifs is 2.